The SMILES string of the molecule is COCCOc1cc(OC)c(Nc2nccc(-c3cn(C)c4ccccc34)n2)cc1N. The number of rotatable bonds is 8. The molecule has 0 unspecified atom stereocenters. The molecule has 0 spiro atoms. The van der Waals surface area contributed by atoms with Crippen molar-refractivity contribution in [2.24, 2.45) is 7.05 Å². The lowest BCUT2D eigenvalue weighted by atomic mass is 10.1. The van der Waals surface area contributed by atoms with Crippen LogP contribution in [0.15, 0.2) is 54.9 Å². The Balaban J connectivity index is 1.64. The molecule has 0 aliphatic carbocycles. The van der Waals surface area contributed by atoms with Gasteiger partial charge in [0.05, 0.1) is 30.8 Å². The van der Waals surface area contributed by atoms with Crippen molar-refractivity contribution in [1.29, 1.82) is 0 Å². The monoisotopic (exact) mass is 419 g/mol. The second-order valence-electron chi connectivity index (χ2n) is 6.99. The first-order chi connectivity index (χ1) is 15.1. The van der Waals surface area contributed by atoms with Crippen LogP contribution >= 0.6 is 0 Å². The standard InChI is InChI=1S/C23H25N5O3/c1-28-14-16(15-6-4-5-7-20(15)28)18-8-9-25-23(26-18)27-19-12-17(24)21(13-22(19)30-3)31-11-10-29-2/h4-9,12-14H,10-11,24H2,1-3H3,(H,25,26,27). The molecule has 2 aromatic heterocycles. The van der Waals surface area contributed by atoms with E-state index in [1.54, 1.807) is 32.5 Å². The number of ether oxygens (including phenoxy) is 3. The Morgan fingerprint density at radius 2 is 1.90 bits per heavy atom. The minimum Gasteiger partial charge on any atom is -0.494 e. The Bertz CT molecular complexity index is 1210. The zero-order valence-electron chi connectivity index (χ0n) is 17.8. The molecule has 2 heterocycles. The largest absolute Gasteiger partial charge is 0.494 e. The predicted octanol–water partition coefficient (Wildman–Crippen LogP) is 3.99. The highest BCUT2D eigenvalue weighted by molar-refractivity contribution is 5.95. The van der Waals surface area contributed by atoms with Crippen molar-refractivity contribution in [1.82, 2.24) is 14.5 Å². The minimum atomic E-state index is 0.396. The smallest absolute Gasteiger partial charge is 0.227 e. The summed E-state index contributed by atoms with van der Waals surface area (Å²) in [5.41, 5.74) is 10.3. The molecular weight excluding hydrogens is 394 g/mol. The predicted molar refractivity (Wildman–Crippen MR) is 122 cm³/mol. The van der Waals surface area contributed by atoms with Gasteiger partial charge in [0, 0.05) is 49.1 Å². The van der Waals surface area contributed by atoms with Gasteiger partial charge in [0.25, 0.3) is 0 Å². The Morgan fingerprint density at radius 3 is 2.71 bits per heavy atom. The van der Waals surface area contributed by atoms with E-state index in [9.17, 15) is 0 Å². The number of nitrogens with two attached hydrogens (primary N) is 1. The number of aryl methyl sites for hydroxylation is 1. The summed E-state index contributed by atoms with van der Waals surface area (Å²) in [5.74, 6) is 1.54. The van der Waals surface area contributed by atoms with Crippen LogP contribution in [0.25, 0.3) is 22.2 Å². The fraction of sp³-hybridized carbons (Fsp3) is 0.217. The van der Waals surface area contributed by atoms with Crippen molar-refractivity contribution in [3.8, 4) is 22.8 Å². The highest BCUT2D eigenvalue weighted by atomic mass is 16.5. The average molecular weight is 419 g/mol. The third-order valence-electron chi connectivity index (χ3n) is 4.95. The average Bonchev–Trinajstić information content (AvgIpc) is 3.12. The summed E-state index contributed by atoms with van der Waals surface area (Å²) in [4.78, 5) is 9.07. The maximum Gasteiger partial charge on any atom is 0.227 e. The number of anilines is 3. The summed E-state index contributed by atoms with van der Waals surface area (Å²) in [7, 11) is 5.23. The van der Waals surface area contributed by atoms with Crippen LogP contribution in [0, 0.1) is 0 Å². The number of hydrogen-bond donors (Lipinski definition) is 2. The quantitative estimate of drug-likeness (QED) is 0.329. The van der Waals surface area contributed by atoms with Crippen LogP contribution in [-0.2, 0) is 11.8 Å². The van der Waals surface area contributed by atoms with Crippen molar-refractivity contribution in [3.05, 3.63) is 54.9 Å². The Morgan fingerprint density at radius 1 is 1.06 bits per heavy atom. The van der Waals surface area contributed by atoms with Gasteiger partial charge in [-0.1, -0.05) is 18.2 Å². The molecule has 3 N–H and O–H groups in total. The van der Waals surface area contributed by atoms with Crippen molar-refractivity contribution in [2.45, 2.75) is 0 Å². The van der Waals surface area contributed by atoms with Crippen LogP contribution in [-0.4, -0.2) is 42.0 Å². The van der Waals surface area contributed by atoms with Gasteiger partial charge >= 0.3 is 0 Å². The molecule has 0 atom stereocenters. The number of para-hydroxylation sites is 1. The van der Waals surface area contributed by atoms with Gasteiger partial charge in [-0.3, -0.25) is 0 Å². The van der Waals surface area contributed by atoms with Crippen molar-refractivity contribution < 1.29 is 14.2 Å². The highest BCUT2D eigenvalue weighted by Crippen LogP contribution is 2.36. The third kappa shape index (κ3) is 4.24. The first kappa shape index (κ1) is 20.5. The van der Waals surface area contributed by atoms with Crippen molar-refractivity contribution in [2.75, 3.05) is 38.5 Å². The second kappa shape index (κ2) is 8.93. The molecule has 8 heteroatoms. The lowest BCUT2D eigenvalue weighted by molar-refractivity contribution is 0.146. The van der Waals surface area contributed by atoms with Crippen LogP contribution in [0.2, 0.25) is 0 Å². The third-order valence-corrected chi connectivity index (χ3v) is 4.95. The number of nitrogens with zero attached hydrogens (tertiary/aromatic N) is 3. The number of hydrogen-bond acceptors (Lipinski definition) is 7. The molecule has 2 aromatic carbocycles. The van der Waals surface area contributed by atoms with Crippen molar-refractivity contribution in [3.63, 3.8) is 0 Å². The highest BCUT2D eigenvalue weighted by Gasteiger charge is 2.14. The van der Waals surface area contributed by atoms with Gasteiger partial charge in [-0.15, -0.1) is 0 Å². The molecule has 0 saturated carbocycles. The summed E-state index contributed by atoms with van der Waals surface area (Å²) in [5, 5.41) is 4.34. The van der Waals surface area contributed by atoms with Crippen LogP contribution in [0.1, 0.15) is 0 Å². The van der Waals surface area contributed by atoms with E-state index in [1.165, 1.54) is 0 Å². The van der Waals surface area contributed by atoms with Gasteiger partial charge in [0.2, 0.25) is 5.95 Å². The number of fused-ring (bicyclic) bond motifs is 1. The van der Waals surface area contributed by atoms with Gasteiger partial charge in [0.15, 0.2) is 0 Å². The lowest BCUT2D eigenvalue weighted by Gasteiger charge is -2.15. The van der Waals surface area contributed by atoms with E-state index in [-0.39, 0.29) is 0 Å². The van der Waals surface area contributed by atoms with E-state index in [4.69, 9.17) is 24.9 Å². The van der Waals surface area contributed by atoms with Gasteiger partial charge in [0.1, 0.15) is 18.1 Å². The number of aromatic nitrogens is 3. The van der Waals surface area contributed by atoms with Gasteiger partial charge < -0.3 is 29.8 Å². The molecule has 160 valence electrons. The Kier molecular flexibility index (Phi) is 5.90. The van der Waals surface area contributed by atoms with Gasteiger partial charge in [-0.2, -0.15) is 0 Å². The lowest BCUT2D eigenvalue weighted by Crippen LogP contribution is -2.07. The van der Waals surface area contributed by atoms with Crippen LogP contribution in [0.5, 0.6) is 11.5 Å². The number of nitrogens with one attached hydrogen (secondary N) is 1. The van der Waals surface area contributed by atoms with Crippen LogP contribution in [0.3, 0.4) is 0 Å². The normalized spacial score (nSPS) is 10.9. The molecular formula is C23H25N5O3. The molecule has 31 heavy (non-hydrogen) atoms. The minimum absolute atomic E-state index is 0.396. The Hall–Kier alpha value is -3.78. The first-order valence-electron chi connectivity index (χ1n) is 9.84. The molecule has 0 aliphatic rings. The second-order valence-corrected chi connectivity index (χ2v) is 6.99. The fourth-order valence-electron chi connectivity index (χ4n) is 3.44. The van der Waals surface area contributed by atoms with Crippen LogP contribution < -0.4 is 20.5 Å². The zero-order chi connectivity index (χ0) is 21.8. The molecule has 8 nitrogen and oxygen atoms in total. The summed E-state index contributed by atoms with van der Waals surface area (Å²) in [6, 6.07) is 13.6. The van der Waals surface area contributed by atoms with Crippen molar-refractivity contribution >= 4 is 28.2 Å². The molecule has 4 aromatic rings. The molecule has 0 bridgehead atoms. The molecule has 0 aliphatic heterocycles. The van der Waals surface area contributed by atoms with E-state index in [0.29, 0.717) is 42.0 Å². The van der Waals surface area contributed by atoms with E-state index >= 15 is 0 Å². The maximum absolute atomic E-state index is 6.16. The van der Waals surface area contributed by atoms with Gasteiger partial charge in [-0.25, -0.2) is 9.97 Å². The zero-order valence-corrected chi connectivity index (χ0v) is 17.8. The van der Waals surface area contributed by atoms with E-state index < -0.39 is 0 Å². The Labute approximate surface area is 180 Å². The molecule has 0 amide bonds. The number of nitrogen functional groups attached to an aromatic ring is 1. The molecule has 0 fully saturated rings. The van der Waals surface area contributed by atoms with E-state index in [2.05, 4.69) is 33.2 Å². The molecule has 0 radical (unpaired) electrons. The van der Waals surface area contributed by atoms with Crippen LogP contribution in [0.4, 0.5) is 17.3 Å². The number of benzene rings is 2. The number of methoxy groups -OCH3 is 2. The summed E-state index contributed by atoms with van der Waals surface area (Å²) >= 11 is 0. The maximum atomic E-state index is 6.16. The summed E-state index contributed by atoms with van der Waals surface area (Å²) in [6.07, 6.45) is 3.80. The topological polar surface area (TPSA) is 96.5 Å². The van der Waals surface area contributed by atoms with E-state index in [0.717, 1.165) is 22.2 Å². The summed E-state index contributed by atoms with van der Waals surface area (Å²) in [6.45, 7) is 0.864. The first-order valence-corrected chi connectivity index (χ1v) is 9.84. The summed E-state index contributed by atoms with van der Waals surface area (Å²) < 4.78 is 18.3. The fourth-order valence-corrected chi connectivity index (χ4v) is 3.44. The molecule has 0 saturated heterocycles. The van der Waals surface area contributed by atoms with Gasteiger partial charge in [-0.05, 0) is 18.2 Å². The molecule has 4 rings (SSSR count). The van der Waals surface area contributed by atoms with E-state index in [1.807, 2.05) is 25.2 Å².